The van der Waals surface area contributed by atoms with Gasteiger partial charge in [0.1, 0.15) is 5.82 Å². The maximum Gasteiger partial charge on any atom is 0.269 e. The zero-order chi connectivity index (χ0) is 18.7. The third kappa shape index (κ3) is 3.61. The Hall–Kier alpha value is -3.48. The highest BCUT2D eigenvalue weighted by molar-refractivity contribution is 6.07. The molecule has 0 aliphatic carbocycles. The normalized spacial score (nSPS) is 10.5. The van der Waals surface area contributed by atoms with Crippen molar-refractivity contribution in [2.24, 2.45) is 5.73 Å². The zero-order valence-corrected chi connectivity index (χ0v) is 14.1. The minimum Gasteiger partial charge on any atom is -0.364 e. The van der Waals surface area contributed by atoms with Crippen molar-refractivity contribution in [1.82, 2.24) is 9.55 Å². The second kappa shape index (κ2) is 7.18. The number of nitrogens with zero attached hydrogens (tertiary/aromatic N) is 2. The number of hydrogen-bond donors (Lipinski definition) is 2. The Balaban J connectivity index is 1.87. The molecule has 6 nitrogen and oxygen atoms in total. The highest BCUT2D eigenvalue weighted by atomic mass is 19.1. The molecule has 0 saturated carbocycles. The van der Waals surface area contributed by atoms with Gasteiger partial charge in [0.05, 0.1) is 11.9 Å². The molecule has 0 radical (unpaired) electrons. The fourth-order valence-electron chi connectivity index (χ4n) is 2.56. The molecule has 0 aliphatic rings. The first-order valence-corrected chi connectivity index (χ1v) is 7.92. The number of primary amides is 1. The molecule has 0 unspecified atom stereocenters. The first-order valence-electron chi connectivity index (χ1n) is 7.92. The van der Waals surface area contributed by atoms with Crippen LogP contribution in [-0.2, 0) is 6.54 Å². The summed E-state index contributed by atoms with van der Waals surface area (Å²) < 4.78 is 15.3. The SMILES string of the molecule is Cc1ccc(Cn2cnc(NC(=O)c3ccccc3F)c2C(N)=O)cc1. The van der Waals surface area contributed by atoms with Crippen LogP contribution in [-0.4, -0.2) is 21.4 Å². The Bertz CT molecular complexity index is 964. The molecular formula is C19H17FN4O2. The Morgan fingerprint density at radius 2 is 1.85 bits per heavy atom. The maximum absolute atomic E-state index is 13.7. The molecule has 7 heteroatoms. The number of benzene rings is 2. The number of carbonyl (C=O) groups is 2. The van der Waals surface area contributed by atoms with Crippen LogP contribution in [0.1, 0.15) is 32.0 Å². The average Bonchev–Trinajstić information content (AvgIpc) is 2.99. The van der Waals surface area contributed by atoms with Crippen molar-refractivity contribution in [3.05, 3.63) is 83.1 Å². The molecule has 2 aromatic carbocycles. The lowest BCUT2D eigenvalue weighted by Crippen LogP contribution is -2.21. The Kier molecular flexibility index (Phi) is 4.79. The second-order valence-electron chi connectivity index (χ2n) is 5.85. The van der Waals surface area contributed by atoms with E-state index in [0.717, 1.165) is 11.1 Å². The van der Waals surface area contributed by atoms with Crippen LogP contribution in [0.3, 0.4) is 0 Å². The van der Waals surface area contributed by atoms with E-state index < -0.39 is 17.6 Å². The van der Waals surface area contributed by atoms with Crippen molar-refractivity contribution in [3.63, 3.8) is 0 Å². The smallest absolute Gasteiger partial charge is 0.269 e. The van der Waals surface area contributed by atoms with Crippen LogP contribution >= 0.6 is 0 Å². The van der Waals surface area contributed by atoms with E-state index in [1.54, 1.807) is 10.6 Å². The molecule has 3 aromatic rings. The number of imidazole rings is 1. The molecule has 0 atom stereocenters. The summed E-state index contributed by atoms with van der Waals surface area (Å²) in [6.07, 6.45) is 1.41. The van der Waals surface area contributed by atoms with Crippen molar-refractivity contribution < 1.29 is 14.0 Å². The predicted octanol–water partition coefficient (Wildman–Crippen LogP) is 2.73. The number of hydrogen-bond acceptors (Lipinski definition) is 3. The Labute approximate surface area is 149 Å². The maximum atomic E-state index is 13.7. The third-order valence-corrected chi connectivity index (χ3v) is 3.90. The highest BCUT2D eigenvalue weighted by Crippen LogP contribution is 2.17. The number of halogens is 1. The van der Waals surface area contributed by atoms with Gasteiger partial charge in [-0.2, -0.15) is 0 Å². The summed E-state index contributed by atoms with van der Waals surface area (Å²) >= 11 is 0. The quantitative estimate of drug-likeness (QED) is 0.740. The first-order chi connectivity index (χ1) is 12.5. The van der Waals surface area contributed by atoms with E-state index in [0.29, 0.717) is 6.54 Å². The number of carbonyl (C=O) groups excluding carboxylic acids is 2. The van der Waals surface area contributed by atoms with Gasteiger partial charge in [0.2, 0.25) is 0 Å². The summed E-state index contributed by atoms with van der Waals surface area (Å²) in [6, 6.07) is 13.3. The van der Waals surface area contributed by atoms with Crippen molar-refractivity contribution in [2.45, 2.75) is 13.5 Å². The fraction of sp³-hybridized carbons (Fsp3) is 0.105. The second-order valence-corrected chi connectivity index (χ2v) is 5.85. The summed E-state index contributed by atoms with van der Waals surface area (Å²) in [4.78, 5) is 28.2. The molecule has 132 valence electrons. The Morgan fingerprint density at radius 3 is 2.50 bits per heavy atom. The van der Waals surface area contributed by atoms with Crippen LogP contribution in [0.5, 0.6) is 0 Å². The monoisotopic (exact) mass is 352 g/mol. The number of anilines is 1. The molecule has 1 aromatic heterocycles. The minimum atomic E-state index is -0.738. The number of nitrogens with one attached hydrogen (secondary N) is 1. The van der Waals surface area contributed by atoms with Gasteiger partial charge in [0.15, 0.2) is 11.5 Å². The van der Waals surface area contributed by atoms with Gasteiger partial charge in [0, 0.05) is 6.54 Å². The standard InChI is InChI=1S/C19H17FN4O2/c1-12-6-8-13(9-7-12)10-24-11-22-18(16(24)17(21)25)23-19(26)14-4-2-3-5-15(14)20/h2-9,11H,10H2,1H3,(H2,21,25)(H,23,26). The van der Waals surface area contributed by atoms with E-state index in [9.17, 15) is 14.0 Å². The molecule has 0 aliphatic heterocycles. The number of nitrogens with two attached hydrogens (primary N) is 1. The van der Waals surface area contributed by atoms with Crippen LogP contribution in [0, 0.1) is 12.7 Å². The van der Waals surface area contributed by atoms with Crippen molar-refractivity contribution in [1.29, 1.82) is 0 Å². The number of amides is 2. The minimum absolute atomic E-state index is 0.00198. The van der Waals surface area contributed by atoms with Gasteiger partial charge in [-0.15, -0.1) is 0 Å². The molecule has 0 spiro atoms. The van der Waals surface area contributed by atoms with Crippen LogP contribution in [0.25, 0.3) is 0 Å². The van der Waals surface area contributed by atoms with Crippen molar-refractivity contribution in [2.75, 3.05) is 5.32 Å². The van der Waals surface area contributed by atoms with E-state index in [-0.39, 0.29) is 17.1 Å². The molecule has 26 heavy (non-hydrogen) atoms. The zero-order valence-electron chi connectivity index (χ0n) is 14.1. The lowest BCUT2D eigenvalue weighted by Gasteiger charge is -2.09. The Morgan fingerprint density at radius 1 is 1.15 bits per heavy atom. The number of rotatable bonds is 5. The van der Waals surface area contributed by atoms with E-state index in [4.69, 9.17) is 5.73 Å². The molecular weight excluding hydrogens is 335 g/mol. The highest BCUT2D eigenvalue weighted by Gasteiger charge is 2.20. The third-order valence-electron chi connectivity index (χ3n) is 3.90. The van der Waals surface area contributed by atoms with Gasteiger partial charge in [-0.05, 0) is 24.6 Å². The first kappa shape index (κ1) is 17.3. The number of aryl methyl sites for hydroxylation is 1. The van der Waals surface area contributed by atoms with E-state index >= 15 is 0 Å². The van der Waals surface area contributed by atoms with Crippen LogP contribution < -0.4 is 11.1 Å². The summed E-state index contributed by atoms with van der Waals surface area (Å²) in [5.41, 5.74) is 7.43. The van der Waals surface area contributed by atoms with E-state index in [1.807, 2.05) is 31.2 Å². The van der Waals surface area contributed by atoms with Gasteiger partial charge >= 0.3 is 0 Å². The summed E-state index contributed by atoms with van der Waals surface area (Å²) in [5.74, 6) is -2.10. The van der Waals surface area contributed by atoms with E-state index in [1.165, 1.54) is 24.5 Å². The summed E-state index contributed by atoms with van der Waals surface area (Å²) in [7, 11) is 0. The van der Waals surface area contributed by atoms with E-state index in [2.05, 4.69) is 10.3 Å². The van der Waals surface area contributed by atoms with Crippen LogP contribution in [0.4, 0.5) is 10.2 Å². The van der Waals surface area contributed by atoms with Crippen LogP contribution in [0.15, 0.2) is 54.9 Å². The average molecular weight is 352 g/mol. The topological polar surface area (TPSA) is 90.0 Å². The molecule has 3 N–H and O–H groups in total. The summed E-state index contributed by atoms with van der Waals surface area (Å²) in [5, 5.41) is 2.45. The molecule has 0 bridgehead atoms. The predicted molar refractivity (Wildman–Crippen MR) is 95.4 cm³/mol. The van der Waals surface area contributed by atoms with Gasteiger partial charge in [-0.1, -0.05) is 42.0 Å². The molecule has 0 fully saturated rings. The van der Waals surface area contributed by atoms with Crippen LogP contribution in [0.2, 0.25) is 0 Å². The number of aromatic nitrogens is 2. The van der Waals surface area contributed by atoms with Gasteiger partial charge in [-0.25, -0.2) is 9.37 Å². The van der Waals surface area contributed by atoms with Gasteiger partial charge in [-0.3, -0.25) is 9.59 Å². The molecule has 3 rings (SSSR count). The molecule has 0 saturated heterocycles. The van der Waals surface area contributed by atoms with Gasteiger partial charge in [0.25, 0.3) is 11.8 Å². The largest absolute Gasteiger partial charge is 0.364 e. The summed E-state index contributed by atoms with van der Waals surface area (Å²) in [6.45, 7) is 2.34. The molecule has 2 amide bonds. The molecule has 1 heterocycles. The van der Waals surface area contributed by atoms with Gasteiger partial charge < -0.3 is 15.6 Å². The fourth-order valence-corrected chi connectivity index (χ4v) is 2.56. The lowest BCUT2D eigenvalue weighted by molar-refractivity contribution is 0.0993. The lowest BCUT2D eigenvalue weighted by atomic mass is 10.1. The van der Waals surface area contributed by atoms with Crippen molar-refractivity contribution >= 4 is 17.6 Å². The van der Waals surface area contributed by atoms with Crippen molar-refractivity contribution in [3.8, 4) is 0 Å².